The molecule has 0 aromatic carbocycles. The first-order chi connectivity index (χ1) is 13.8. The van der Waals surface area contributed by atoms with Crippen molar-refractivity contribution in [2.45, 2.75) is 66.7 Å². The second-order valence-corrected chi connectivity index (χ2v) is 7.92. The zero-order chi connectivity index (χ0) is 21.7. The van der Waals surface area contributed by atoms with Crippen LogP contribution >= 0.6 is 11.8 Å². The molecule has 0 spiro atoms. The van der Waals surface area contributed by atoms with Crippen molar-refractivity contribution in [3.05, 3.63) is 12.7 Å². The minimum Gasteiger partial charge on any atom is -0.394 e. The van der Waals surface area contributed by atoms with E-state index in [1.807, 2.05) is 6.26 Å². The summed E-state index contributed by atoms with van der Waals surface area (Å²) in [6.07, 6.45) is -11.1. The van der Waals surface area contributed by atoms with Crippen LogP contribution in [0.3, 0.4) is 0 Å². The first kappa shape index (κ1) is 24.9. The summed E-state index contributed by atoms with van der Waals surface area (Å²) in [6, 6.07) is 0. The predicted molar refractivity (Wildman–Crippen MR) is 99.9 cm³/mol. The monoisotopic (exact) mass is 442 g/mol. The molecular weight excluding hydrogens is 412 g/mol. The fourth-order valence-electron chi connectivity index (χ4n) is 3.12. The van der Waals surface area contributed by atoms with Gasteiger partial charge in [0.05, 0.1) is 19.8 Å². The molecule has 7 N–H and O–H groups in total. The summed E-state index contributed by atoms with van der Waals surface area (Å²) in [6.45, 7) is 2.54. The molecule has 0 amide bonds. The number of hydrogen-bond acceptors (Lipinski definition) is 12. The van der Waals surface area contributed by atoms with E-state index in [0.29, 0.717) is 0 Å². The highest BCUT2D eigenvalue weighted by atomic mass is 32.2. The molecule has 2 aliphatic rings. The van der Waals surface area contributed by atoms with E-state index in [1.165, 1.54) is 11.8 Å². The molecular formula is C17H30O11S. The van der Waals surface area contributed by atoms with Gasteiger partial charge in [0.2, 0.25) is 0 Å². The number of thioether (sulfide) groups is 1. The molecule has 0 radical (unpaired) electrons. The minimum absolute atomic E-state index is 0.0707. The van der Waals surface area contributed by atoms with Crippen molar-refractivity contribution < 1.29 is 54.7 Å². The Bertz CT molecular complexity index is 508. The Morgan fingerprint density at radius 1 is 0.897 bits per heavy atom. The van der Waals surface area contributed by atoms with E-state index < -0.39 is 74.6 Å². The molecule has 29 heavy (non-hydrogen) atoms. The fraction of sp³-hybridized carbons (Fsp3) is 0.882. The average Bonchev–Trinajstić information content (AvgIpc) is 2.73. The molecule has 2 rings (SSSR count). The summed E-state index contributed by atoms with van der Waals surface area (Å²) in [5, 5.41) is 69.4. The van der Waals surface area contributed by atoms with Gasteiger partial charge in [-0.2, -0.15) is 11.8 Å². The summed E-state index contributed by atoms with van der Waals surface area (Å²) in [5.41, 5.74) is 0. The van der Waals surface area contributed by atoms with Crippen LogP contribution in [0.1, 0.15) is 0 Å². The maximum absolute atomic E-state index is 10.5. The smallest absolute Gasteiger partial charge is 0.187 e. The first-order valence-corrected chi connectivity index (χ1v) is 10.4. The predicted octanol–water partition coefficient (Wildman–Crippen LogP) is -3.46. The van der Waals surface area contributed by atoms with Crippen LogP contribution in [0.5, 0.6) is 0 Å². The van der Waals surface area contributed by atoms with Crippen molar-refractivity contribution in [2.24, 2.45) is 0 Å². The van der Waals surface area contributed by atoms with Gasteiger partial charge >= 0.3 is 0 Å². The molecule has 5 unspecified atom stereocenters. The van der Waals surface area contributed by atoms with Gasteiger partial charge in [-0.3, -0.25) is 0 Å². The zero-order valence-corrected chi connectivity index (χ0v) is 16.7. The second kappa shape index (κ2) is 11.3. The molecule has 0 aliphatic carbocycles. The largest absolute Gasteiger partial charge is 0.394 e. The molecule has 11 nitrogen and oxygen atoms in total. The quantitative estimate of drug-likeness (QED) is 0.176. The maximum Gasteiger partial charge on any atom is 0.187 e. The Labute approximate surface area is 172 Å². The van der Waals surface area contributed by atoms with Crippen molar-refractivity contribution in [1.82, 2.24) is 0 Å². The summed E-state index contributed by atoms with van der Waals surface area (Å²) in [4.78, 5) is 0. The van der Waals surface area contributed by atoms with Crippen LogP contribution in [-0.2, 0) is 18.9 Å². The van der Waals surface area contributed by atoms with E-state index in [0.717, 1.165) is 0 Å². The highest BCUT2D eigenvalue weighted by Gasteiger charge is 2.50. The highest BCUT2D eigenvalue weighted by Crippen LogP contribution is 2.29. The lowest BCUT2D eigenvalue weighted by Crippen LogP contribution is -2.64. The van der Waals surface area contributed by atoms with Gasteiger partial charge in [0.15, 0.2) is 12.6 Å². The first-order valence-electron chi connectivity index (χ1n) is 9.14. The third-order valence-corrected chi connectivity index (χ3v) is 5.88. The van der Waals surface area contributed by atoms with Gasteiger partial charge in [0.25, 0.3) is 0 Å². The van der Waals surface area contributed by atoms with Crippen LogP contribution in [0, 0.1) is 0 Å². The molecule has 11 atom stereocenters. The number of aliphatic hydroxyl groups is 7. The van der Waals surface area contributed by atoms with E-state index in [2.05, 4.69) is 6.58 Å². The molecule has 2 fully saturated rings. The van der Waals surface area contributed by atoms with Gasteiger partial charge in [-0.1, -0.05) is 6.08 Å². The van der Waals surface area contributed by atoms with Crippen LogP contribution < -0.4 is 0 Å². The molecule has 12 heteroatoms. The Hall–Kier alpha value is -0.350. The number of rotatable bonds is 9. The average molecular weight is 442 g/mol. The third-order valence-electron chi connectivity index (χ3n) is 4.95. The Balaban J connectivity index is 2.06. The van der Waals surface area contributed by atoms with Crippen LogP contribution in [0.4, 0.5) is 0 Å². The standard InChI is InChI=1S/C17H30O11S/c1-3-7(29-2)6-25-16-14(24)12(22)15(9(5-19)27-16)28-17-13(23)11(21)10(20)8(4-18)26-17/h3,7-24H,1,4-6H2,2H3/t7?,8?,9?,10-,11-,12+,13?,14?,15-,16+,17-/m0/s1. The fourth-order valence-corrected chi connectivity index (χ4v) is 3.52. The normalized spacial score (nSPS) is 44.4. The van der Waals surface area contributed by atoms with E-state index in [1.54, 1.807) is 6.08 Å². The highest BCUT2D eigenvalue weighted by molar-refractivity contribution is 7.99. The Morgan fingerprint density at radius 3 is 2.03 bits per heavy atom. The number of hydrogen-bond donors (Lipinski definition) is 7. The lowest BCUT2D eigenvalue weighted by molar-refractivity contribution is -0.359. The summed E-state index contributed by atoms with van der Waals surface area (Å²) in [7, 11) is 0. The summed E-state index contributed by atoms with van der Waals surface area (Å²) in [5.74, 6) is 0. The molecule has 2 aliphatic heterocycles. The molecule has 0 aromatic heterocycles. The molecule has 0 aromatic rings. The van der Waals surface area contributed by atoms with E-state index in [9.17, 15) is 35.7 Å². The summed E-state index contributed by atoms with van der Waals surface area (Å²) < 4.78 is 21.7. The zero-order valence-electron chi connectivity index (χ0n) is 15.9. The van der Waals surface area contributed by atoms with E-state index in [4.69, 9.17) is 18.9 Å². The number of ether oxygens (including phenoxy) is 4. The minimum atomic E-state index is -1.71. The van der Waals surface area contributed by atoms with Gasteiger partial charge in [0.1, 0.15) is 48.8 Å². The van der Waals surface area contributed by atoms with Crippen LogP contribution in [0.15, 0.2) is 12.7 Å². The Kier molecular flexibility index (Phi) is 9.73. The van der Waals surface area contributed by atoms with Gasteiger partial charge in [-0.05, 0) is 6.26 Å². The number of aliphatic hydroxyl groups excluding tert-OH is 7. The topological polar surface area (TPSA) is 179 Å². The van der Waals surface area contributed by atoms with Gasteiger partial charge < -0.3 is 54.7 Å². The van der Waals surface area contributed by atoms with Gasteiger partial charge in [-0.25, -0.2) is 0 Å². The van der Waals surface area contributed by atoms with Crippen LogP contribution in [0.25, 0.3) is 0 Å². The maximum atomic E-state index is 10.5. The molecule has 2 saturated heterocycles. The van der Waals surface area contributed by atoms with Gasteiger partial charge in [0, 0.05) is 5.25 Å². The lowest BCUT2D eigenvalue weighted by Gasteiger charge is -2.46. The van der Waals surface area contributed by atoms with Crippen LogP contribution in [0.2, 0.25) is 0 Å². The molecule has 2 heterocycles. The van der Waals surface area contributed by atoms with E-state index in [-0.39, 0.29) is 11.9 Å². The third kappa shape index (κ3) is 5.67. The van der Waals surface area contributed by atoms with Gasteiger partial charge in [-0.15, -0.1) is 6.58 Å². The van der Waals surface area contributed by atoms with Crippen molar-refractivity contribution >= 4 is 11.8 Å². The summed E-state index contributed by atoms with van der Waals surface area (Å²) >= 11 is 1.47. The molecule has 0 bridgehead atoms. The van der Waals surface area contributed by atoms with Crippen molar-refractivity contribution in [2.75, 3.05) is 26.1 Å². The van der Waals surface area contributed by atoms with E-state index >= 15 is 0 Å². The lowest BCUT2D eigenvalue weighted by atomic mass is 9.97. The van der Waals surface area contributed by atoms with Crippen molar-refractivity contribution in [3.63, 3.8) is 0 Å². The van der Waals surface area contributed by atoms with Crippen molar-refractivity contribution in [1.29, 1.82) is 0 Å². The Morgan fingerprint density at radius 2 is 1.48 bits per heavy atom. The van der Waals surface area contributed by atoms with Crippen LogP contribution in [-0.4, -0.2) is 128 Å². The molecule has 170 valence electrons. The van der Waals surface area contributed by atoms with Crippen molar-refractivity contribution in [3.8, 4) is 0 Å². The molecule has 0 saturated carbocycles. The second-order valence-electron chi connectivity index (χ2n) is 6.85. The SMILES string of the molecule is C=CC(CO[C@@H]1OC(CO)[C@H](O[C@@H]2OC(CO)[C@H](O)[C@H](O)C2O)[C@H](O)C1O)SC.